The van der Waals surface area contributed by atoms with Crippen molar-refractivity contribution in [2.24, 2.45) is 0 Å². The van der Waals surface area contributed by atoms with Gasteiger partial charge in [-0.3, -0.25) is 13.9 Å². The van der Waals surface area contributed by atoms with Gasteiger partial charge in [-0.25, -0.2) is 4.39 Å². The molecule has 0 radical (unpaired) electrons. The Morgan fingerprint density at radius 3 is 2.34 bits per heavy atom. The van der Waals surface area contributed by atoms with Crippen LogP contribution in [0.15, 0.2) is 54.6 Å². The van der Waals surface area contributed by atoms with E-state index in [9.17, 15) is 18.3 Å². The summed E-state index contributed by atoms with van der Waals surface area (Å²) >= 11 is 0. The highest BCUT2D eigenvalue weighted by Crippen LogP contribution is 2.44. The molecule has 3 aromatic rings. The smallest absolute Gasteiger partial charge is 0.306 e. The van der Waals surface area contributed by atoms with Crippen LogP contribution in [0.2, 0.25) is 0 Å². The number of carbonyl (C=O) groups is 1. The highest BCUT2D eigenvalue weighted by molar-refractivity contribution is 8.24. The Bertz CT molecular complexity index is 1350. The maximum atomic E-state index is 14.7. The molecular weight excluding hydrogens is 541 g/mol. The fourth-order valence-electron chi connectivity index (χ4n) is 5.17. The maximum absolute atomic E-state index is 14.7. The number of anilines is 1. The van der Waals surface area contributed by atoms with Crippen molar-refractivity contribution in [3.8, 4) is 16.9 Å². The summed E-state index contributed by atoms with van der Waals surface area (Å²) in [6.45, 7) is 10.1. The number of ether oxygens (including phenoxy) is 2. The van der Waals surface area contributed by atoms with Crippen LogP contribution in [-0.4, -0.2) is 38.3 Å². The van der Waals surface area contributed by atoms with Crippen molar-refractivity contribution < 1.29 is 27.8 Å². The zero-order chi connectivity index (χ0) is 29.8. The van der Waals surface area contributed by atoms with E-state index in [0.29, 0.717) is 48.6 Å². The average Bonchev–Trinajstić information content (AvgIpc) is 2.87. The molecule has 0 atom stereocenters. The molecule has 3 aromatic carbocycles. The fraction of sp³-hybridized carbons (Fsp3) is 0.424. The first-order valence-corrected chi connectivity index (χ1v) is 16.0. The topological polar surface area (TPSA) is 88.0 Å². The Hall–Kier alpha value is -3.07. The van der Waals surface area contributed by atoms with E-state index in [2.05, 4.69) is 31.3 Å². The van der Waals surface area contributed by atoms with Gasteiger partial charge < -0.3 is 14.8 Å². The van der Waals surface area contributed by atoms with Gasteiger partial charge in [0.2, 0.25) is 0 Å². The van der Waals surface area contributed by atoms with Crippen LogP contribution in [0.4, 0.5) is 10.1 Å². The van der Waals surface area contributed by atoms with Gasteiger partial charge in [0.1, 0.15) is 23.3 Å². The van der Waals surface area contributed by atoms with Gasteiger partial charge in [-0.2, -0.15) is 10.6 Å². The zero-order valence-corrected chi connectivity index (χ0v) is 25.4. The first-order chi connectivity index (χ1) is 19.3. The Morgan fingerprint density at radius 1 is 1.02 bits per heavy atom. The quantitative estimate of drug-likeness (QED) is 0.220. The minimum absolute atomic E-state index is 0.00199. The summed E-state index contributed by atoms with van der Waals surface area (Å²) in [5.41, 5.74) is 6.13. The molecule has 1 saturated heterocycles. The third kappa shape index (κ3) is 8.96. The minimum atomic E-state index is -2.43. The molecule has 1 heterocycles. The van der Waals surface area contributed by atoms with E-state index in [1.807, 2.05) is 51.1 Å². The molecule has 0 bridgehead atoms. The van der Waals surface area contributed by atoms with Gasteiger partial charge in [0.25, 0.3) is 0 Å². The van der Waals surface area contributed by atoms with Crippen molar-refractivity contribution in [3.63, 3.8) is 0 Å². The number of nitrogens with one attached hydrogen (secondary N) is 1. The molecule has 0 spiro atoms. The van der Waals surface area contributed by atoms with Crippen LogP contribution in [-0.2, 0) is 22.5 Å². The van der Waals surface area contributed by atoms with Crippen molar-refractivity contribution in [2.75, 3.05) is 16.8 Å². The molecule has 1 aliphatic rings. The van der Waals surface area contributed by atoms with Gasteiger partial charge in [0.15, 0.2) is 0 Å². The summed E-state index contributed by atoms with van der Waals surface area (Å²) in [6.07, 6.45) is 1.72. The Labute approximate surface area is 244 Å². The van der Waals surface area contributed by atoms with Crippen LogP contribution in [0.5, 0.6) is 5.75 Å². The van der Waals surface area contributed by atoms with Crippen molar-refractivity contribution in [1.29, 1.82) is 0 Å². The number of carbonyl (C=O) groups excluding carboxylic acids is 1. The lowest BCUT2D eigenvalue weighted by atomic mass is 9.94. The lowest BCUT2D eigenvalue weighted by molar-refractivity contribution is -0.154. The van der Waals surface area contributed by atoms with E-state index in [1.165, 1.54) is 6.07 Å². The minimum Gasteiger partial charge on any atom is -0.490 e. The summed E-state index contributed by atoms with van der Waals surface area (Å²) in [7, 11) is -2.43. The van der Waals surface area contributed by atoms with Gasteiger partial charge >= 0.3 is 5.97 Å². The van der Waals surface area contributed by atoms with Crippen molar-refractivity contribution >= 4 is 22.2 Å². The molecule has 0 amide bonds. The van der Waals surface area contributed by atoms with E-state index < -0.39 is 16.2 Å². The van der Waals surface area contributed by atoms with Crippen LogP contribution in [0, 0.1) is 19.7 Å². The Kier molecular flexibility index (Phi) is 9.67. The molecule has 0 saturated carbocycles. The largest absolute Gasteiger partial charge is 0.490 e. The van der Waals surface area contributed by atoms with E-state index in [0.717, 1.165) is 33.6 Å². The predicted octanol–water partition coefficient (Wildman–Crippen LogP) is 8.29. The second-order valence-corrected chi connectivity index (χ2v) is 14.3. The zero-order valence-electron chi connectivity index (χ0n) is 24.6. The second kappa shape index (κ2) is 12.8. The Balaban J connectivity index is 1.37. The highest BCUT2D eigenvalue weighted by atomic mass is 32.3. The molecule has 3 N–H and O–H groups in total. The second-order valence-electron chi connectivity index (χ2n) is 11.9. The molecule has 222 valence electrons. The summed E-state index contributed by atoms with van der Waals surface area (Å²) < 4.78 is 46.0. The molecule has 0 aromatic heterocycles. The molecular formula is C33H42FNO5S. The number of halogens is 1. The fourth-order valence-corrected chi connectivity index (χ4v) is 6.66. The van der Waals surface area contributed by atoms with Crippen LogP contribution < -0.4 is 10.1 Å². The third-order valence-corrected chi connectivity index (χ3v) is 8.91. The van der Waals surface area contributed by atoms with Crippen LogP contribution in [0.25, 0.3) is 11.1 Å². The van der Waals surface area contributed by atoms with Gasteiger partial charge in [-0.1, -0.05) is 24.3 Å². The van der Waals surface area contributed by atoms with Gasteiger partial charge in [-0.05, 0) is 105 Å². The van der Waals surface area contributed by atoms with Crippen LogP contribution >= 0.6 is 10.6 Å². The number of hydrogen-bond acceptors (Lipinski definition) is 6. The van der Waals surface area contributed by atoms with Crippen molar-refractivity contribution in [2.45, 2.75) is 78.6 Å². The average molecular weight is 584 g/mol. The van der Waals surface area contributed by atoms with Gasteiger partial charge in [-0.15, -0.1) is 0 Å². The number of esters is 1. The summed E-state index contributed by atoms with van der Waals surface area (Å²) in [5, 5.41) is 3.31. The summed E-state index contributed by atoms with van der Waals surface area (Å²) in [4.78, 5) is 12.0. The molecule has 1 aliphatic heterocycles. The summed E-state index contributed by atoms with van der Waals surface area (Å²) in [6, 6.07) is 17.4. The first-order valence-electron chi connectivity index (χ1n) is 14.1. The van der Waals surface area contributed by atoms with E-state index in [1.54, 1.807) is 6.07 Å². The van der Waals surface area contributed by atoms with Crippen LogP contribution in [0.3, 0.4) is 0 Å². The molecule has 8 heteroatoms. The molecule has 0 unspecified atom stereocenters. The molecule has 41 heavy (non-hydrogen) atoms. The van der Waals surface area contributed by atoms with E-state index in [4.69, 9.17) is 9.47 Å². The number of benzene rings is 3. The molecule has 0 aliphatic carbocycles. The monoisotopic (exact) mass is 583 g/mol. The van der Waals surface area contributed by atoms with Crippen LogP contribution in [0.1, 0.15) is 62.3 Å². The van der Waals surface area contributed by atoms with E-state index >= 15 is 0 Å². The summed E-state index contributed by atoms with van der Waals surface area (Å²) in [5.74, 6) is 0.931. The molecule has 4 rings (SSSR count). The SMILES string of the molecule is Cc1cc(OC2CCS(O)(O)CC2)cc(C)c1-c1cccc(CNc2ccc(CCC(=O)OC(C)(C)C)c(F)c2)c1. The number of aryl methyl sites for hydroxylation is 3. The number of hydrogen-bond donors (Lipinski definition) is 3. The molecule has 6 nitrogen and oxygen atoms in total. The lowest BCUT2D eigenvalue weighted by Crippen LogP contribution is -2.28. The highest BCUT2D eigenvalue weighted by Gasteiger charge is 2.25. The molecule has 1 fully saturated rings. The van der Waals surface area contributed by atoms with Gasteiger partial charge in [0.05, 0.1) is 0 Å². The standard InChI is InChI=1S/C33H42FNO5S/c1-22-17-29(39-28-13-15-41(37,38)16-14-28)18-23(2)32(22)26-8-6-7-24(19-26)21-35-27-11-9-25(30(34)20-27)10-12-31(36)40-33(3,4)5/h6-9,11,17-20,28,35,37-38H,10,12-16,21H2,1-5H3. The predicted molar refractivity (Wildman–Crippen MR) is 165 cm³/mol. The van der Waals surface area contributed by atoms with Gasteiger partial charge in [0, 0.05) is 43.0 Å². The maximum Gasteiger partial charge on any atom is 0.306 e. The normalized spacial score (nSPS) is 16.2. The Morgan fingerprint density at radius 2 is 1.71 bits per heavy atom. The van der Waals surface area contributed by atoms with Crippen molar-refractivity contribution in [3.05, 3.63) is 82.7 Å². The third-order valence-electron chi connectivity index (χ3n) is 7.13. The number of rotatable bonds is 9. The van der Waals surface area contributed by atoms with Crippen molar-refractivity contribution in [1.82, 2.24) is 0 Å². The van der Waals surface area contributed by atoms with E-state index in [-0.39, 0.29) is 24.3 Å². The first kappa shape index (κ1) is 30.9. The lowest BCUT2D eigenvalue weighted by Gasteiger charge is -2.39.